The average molecular weight is 376 g/mol. The summed E-state index contributed by atoms with van der Waals surface area (Å²) in [7, 11) is 0. The highest BCUT2D eigenvalue weighted by Gasteiger charge is 2.32. The Labute approximate surface area is 163 Å². The first-order chi connectivity index (χ1) is 11.6. The first-order valence-electron chi connectivity index (χ1n) is 10.2. The van der Waals surface area contributed by atoms with E-state index >= 15 is 0 Å². The van der Waals surface area contributed by atoms with Gasteiger partial charge in [0.05, 0.1) is 19.1 Å². The molecule has 0 aliphatic rings. The summed E-state index contributed by atoms with van der Waals surface area (Å²) in [4.78, 5) is 11.4. The maximum atomic E-state index is 11.4. The largest absolute Gasteiger partial charge is 1.00 e. The van der Waals surface area contributed by atoms with Gasteiger partial charge in [-0.15, -0.1) is 0 Å². The van der Waals surface area contributed by atoms with Crippen molar-refractivity contribution in [2.75, 3.05) is 26.2 Å². The lowest BCUT2D eigenvalue weighted by molar-refractivity contribution is -0.950. The van der Waals surface area contributed by atoms with Crippen LogP contribution in [0.3, 0.4) is 0 Å². The van der Waals surface area contributed by atoms with Crippen molar-refractivity contribution in [3.63, 3.8) is 0 Å². The van der Waals surface area contributed by atoms with E-state index in [1.54, 1.807) is 0 Å². The smallest absolute Gasteiger partial charge is 0.330 e. The van der Waals surface area contributed by atoms with E-state index in [2.05, 4.69) is 34.3 Å². The molecule has 4 heteroatoms. The standard InChI is InChI=1S/C21H42NO2.ClH/c1-6-10-13-16-22(17-14-11-7-2,20(5)15-12-8-3)18-19-24-21(23)9-4;/h9,20H,4,6-8,10-19H2,1-3,5H3;1H/q+1;/p-1. The third kappa shape index (κ3) is 11.6. The van der Waals surface area contributed by atoms with Crippen molar-refractivity contribution in [3.05, 3.63) is 12.7 Å². The fourth-order valence-electron chi connectivity index (χ4n) is 3.51. The number of hydrogen-bond acceptors (Lipinski definition) is 2. The molecule has 0 saturated carbocycles. The molecule has 0 radical (unpaired) electrons. The number of quaternary nitrogens is 1. The number of nitrogens with zero attached hydrogens (tertiary/aromatic N) is 1. The van der Waals surface area contributed by atoms with Gasteiger partial charge in [0.15, 0.2) is 0 Å². The fraction of sp³-hybridized carbons (Fsp3) is 0.857. The van der Waals surface area contributed by atoms with E-state index in [-0.39, 0.29) is 18.4 Å². The second-order valence-corrected chi connectivity index (χ2v) is 7.17. The zero-order valence-corrected chi connectivity index (χ0v) is 18.0. The number of rotatable bonds is 16. The molecule has 0 aliphatic carbocycles. The third-order valence-electron chi connectivity index (χ3n) is 5.27. The Morgan fingerprint density at radius 1 is 0.960 bits per heavy atom. The van der Waals surface area contributed by atoms with Crippen molar-refractivity contribution in [3.8, 4) is 0 Å². The number of carbonyl (C=O) groups excluding carboxylic acids is 1. The maximum absolute atomic E-state index is 11.4. The molecule has 0 aromatic rings. The van der Waals surface area contributed by atoms with Crippen molar-refractivity contribution in [1.29, 1.82) is 0 Å². The lowest BCUT2D eigenvalue weighted by Crippen LogP contribution is -3.00. The van der Waals surface area contributed by atoms with Gasteiger partial charge in [-0.3, -0.25) is 0 Å². The number of unbranched alkanes of at least 4 members (excludes halogenated alkanes) is 5. The van der Waals surface area contributed by atoms with Crippen LogP contribution in [-0.4, -0.2) is 42.7 Å². The second kappa shape index (κ2) is 16.9. The molecule has 1 atom stereocenters. The van der Waals surface area contributed by atoms with Gasteiger partial charge >= 0.3 is 5.97 Å². The van der Waals surface area contributed by atoms with E-state index in [4.69, 9.17) is 4.74 Å². The van der Waals surface area contributed by atoms with Crippen LogP contribution in [0.2, 0.25) is 0 Å². The van der Waals surface area contributed by atoms with Crippen LogP contribution >= 0.6 is 0 Å². The van der Waals surface area contributed by atoms with Crippen molar-refractivity contribution < 1.29 is 26.4 Å². The summed E-state index contributed by atoms with van der Waals surface area (Å²) in [5.41, 5.74) is 0. The van der Waals surface area contributed by atoms with E-state index in [0.717, 1.165) is 11.0 Å². The van der Waals surface area contributed by atoms with Crippen molar-refractivity contribution in [2.45, 2.75) is 91.5 Å². The maximum Gasteiger partial charge on any atom is 0.330 e. The molecule has 0 saturated heterocycles. The van der Waals surface area contributed by atoms with Gasteiger partial charge in [0.2, 0.25) is 0 Å². The summed E-state index contributed by atoms with van der Waals surface area (Å²) < 4.78 is 6.46. The Hall–Kier alpha value is -0.540. The molecule has 0 aliphatic heterocycles. The molecule has 0 amide bonds. The van der Waals surface area contributed by atoms with Gasteiger partial charge in [0.1, 0.15) is 13.2 Å². The molecule has 1 unspecified atom stereocenters. The normalized spacial score (nSPS) is 12.3. The van der Waals surface area contributed by atoms with Crippen LogP contribution in [0.15, 0.2) is 12.7 Å². The van der Waals surface area contributed by atoms with E-state index in [1.165, 1.54) is 77.0 Å². The van der Waals surface area contributed by atoms with Crippen molar-refractivity contribution in [1.82, 2.24) is 0 Å². The minimum absolute atomic E-state index is 0. The number of halogens is 1. The summed E-state index contributed by atoms with van der Waals surface area (Å²) in [6, 6.07) is 0.640. The summed E-state index contributed by atoms with van der Waals surface area (Å²) in [5, 5.41) is 0. The molecule has 3 nitrogen and oxygen atoms in total. The molecule has 0 spiro atoms. The number of ether oxygens (including phenoxy) is 1. The Kier molecular flexibility index (Phi) is 18.0. The van der Waals surface area contributed by atoms with Crippen LogP contribution in [0.4, 0.5) is 0 Å². The molecule has 0 heterocycles. The summed E-state index contributed by atoms with van der Waals surface area (Å²) in [6.07, 6.45) is 12.7. The second-order valence-electron chi connectivity index (χ2n) is 7.17. The minimum atomic E-state index is -0.295. The Morgan fingerprint density at radius 2 is 1.48 bits per heavy atom. The fourth-order valence-corrected chi connectivity index (χ4v) is 3.51. The predicted molar refractivity (Wildman–Crippen MR) is 104 cm³/mol. The van der Waals surface area contributed by atoms with Gasteiger partial charge < -0.3 is 21.6 Å². The third-order valence-corrected chi connectivity index (χ3v) is 5.27. The molecule has 25 heavy (non-hydrogen) atoms. The summed E-state index contributed by atoms with van der Waals surface area (Å²) in [6.45, 7) is 16.6. The molecule has 0 N–H and O–H groups in total. The predicted octanol–water partition coefficient (Wildman–Crippen LogP) is 2.50. The van der Waals surface area contributed by atoms with Crippen LogP contribution in [0.1, 0.15) is 85.5 Å². The molecule has 0 aromatic heterocycles. The van der Waals surface area contributed by atoms with E-state index in [9.17, 15) is 4.79 Å². The highest BCUT2D eigenvalue weighted by Crippen LogP contribution is 2.22. The Bertz CT molecular complexity index is 324. The van der Waals surface area contributed by atoms with Gasteiger partial charge in [-0.25, -0.2) is 4.79 Å². The number of esters is 1. The Balaban J connectivity index is 0. The molecule has 0 aromatic carbocycles. The summed E-state index contributed by atoms with van der Waals surface area (Å²) >= 11 is 0. The van der Waals surface area contributed by atoms with Crippen molar-refractivity contribution >= 4 is 5.97 Å². The zero-order chi connectivity index (χ0) is 18.3. The number of carbonyl (C=O) groups is 1. The lowest BCUT2D eigenvalue weighted by Gasteiger charge is -2.44. The van der Waals surface area contributed by atoms with Crippen LogP contribution in [0.25, 0.3) is 0 Å². The molecule has 0 rings (SSSR count). The van der Waals surface area contributed by atoms with E-state index in [0.29, 0.717) is 12.6 Å². The zero-order valence-electron chi connectivity index (χ0n) is 17.2. The molecule has 0 fully saturated rings. The minimum Gasteiger partial charge on any atom is -1.00 e. The van der Waals surface area contributed by atoms with Gasteiger partial charge in [0.25, 0.3) is 0 Å². The monoisotopic (exact) mass is 375 g/mol. The lowest BCUT2D eigenvalue weighted by atomic mass is 10.0. The SMILES string of the molecule is C=CC(=O)OCC[N+](CCCCC)(CCCCC)C(C)CCCC.[Cl-]. The molecular formula is C21H42ClNO2. The molecule has 0 bridgehead atoms. The van der Waals surface area contributed by atoms with Crippen LogP contribution in [0.5, 0.6) is 0 Å². The topological polar surface area (TPSA) is 26.3 Å². The van der Waals surface area contributed by atoms with Crippen LogP contribution in [0, 0.1) is 0 Å². The van der Waals surface area contributed by atoms with Crippen LogP contribution < -0.4 is 12.4 Å². The quantitative estimate of drug-likeness (QED) is 0.179. The number of hydrogen-bond donors (Lipinski definition) is 0. The van der Waals surface area contributed by atoms with Gasteiger partial charge in [-0.05, 0) is 45.4 Å². The van der Waals surface area contributed by atoms with Crippen molar-refractivity contribution in [2.24, 2.45) is 0 Å². The highest BCUT2D eigenvalue weighted by atomic mass is 35.5. The highest BCUT2D eigenvalue weighted by molar-refractivity contribution is 5.81. The van der Waals surface area contributed by atoms with E-state index in [1.807, 2.05) is 0 Å². The average Bonchev–Trinajstić information content (AvgIpc) is 2.59. The van der Waals surface area contributed by atoms with Gasteiger partial charge in [0, 0.05) is 6.08 Å². The van der Waals surface area contributed by atoms with E-state index < -0.39 is 0 Å². The van der Waals surface area contributed by atoms with Gasteiger partial charge in [-0.1, -0.05) is 46.6 Å². The molecule has 150 valence electrons. The van der Waals surface area contributed by atoms with Crippen LogP contribution in [-0.2, 0) is 9.53 Å². The molecular weight excluding hydrogens is 334 g/mol. The first kappa shape index (κ1) is 26.7. The summed E-state index contributed by atoms with van der Waals surface area (Å²) in [5.74, 6) is -0.295. The first-order valence-corrected chi connectivity index (χ1v) is 10.2. The van der Waals surface area contributed by atoms with Gasteiger partial charge in [-0.2, -0.15) is 0 Å². The Morgan fingerprint density at radius 3 is 1.92 bits per heavy atom.